The zero-order valence-corrected chi connectivity index (χ0v) is 10.6. The first-order valence-corrected chi connectivity index (χ1v) is 5.88. The molecule has 0 amide bonds. The summed E-state index contributed by atoms with van der Waals surface area (Å²) < 4.78 is 1.40. The quantitative estimate of drug-likeness (QED) is 0.565. The van der Waals surface area contributed by atoms with E-state index >= 15 is 0 Å². The molecule has 0 aliphatic heterocycles. The number of anilines is 1. The number of hydrogen-bond donors (Lipinski definition) is 1. The number of aromatic nitrogens is 5. The van der Waals surface area contributed by atoms with Crippen molar-refractivity contribution >= 4 is 11.5 Å². The van der Waals surface area contributed by atoms with Gasteiger partial charge in [-0.2, -0.15) is 4.68 Å². The Kier molecular flexibility index (Phi) is 2.99. The van der Waals surface area contributed by atoms with Gasteiger partial charge in [-0.25, -0.2) is 15.0 Å². The average molecular weight is 283 g/mol. The lowest BCUT2D eigenvalue weighted by Crippen LogP contribution is -2.04. The summed E-state index contributed by atoms with van der Waals surface area (Å²) in [5.41, 5.74) is 6.38. The van der Waals surface area contributed by atoms with E-state index in [1.54, 1.807) is 12.1 Å². The molecule has 2 aromatic heterocycles. The first-order valence-electron chi connectivity index (χ1n) is 5.88. The highest BCUT2D eigenvalue weighted by Crippen LogP contribution is 2.20. The van der Waals surface area contributed by atoms with E-state index < -0.39 is 4.92 Å². The SMILES string of the molecule is Nc1nccnc1-n1cnc(-c2ccc([N+](=O)[O-])cc2)n1. The molecular weight excluding hydrogens is 274 g/mol. The van der Waals surface area contributed by atoms with Gasteiger partial charge in [-0.15, -0.1) is 5.10 Å². The molecule has 9 heteroatoms. The fraction of sp³-hybridized carbons (Fsp3) is 0. The zero-order chi connectivity index (χ0) is 14.8. The van der Waals surface area contributed by atoms with Crippen LogP contribution in [-0.2, 0) is 0 Å². The minimum Gasteiger partial charge on any atom is -0.381 e. The van der Waals surface area contributed by atoms with Crippen LogP contribution in [-0.4, -0.2) is 29.7 Å². The van der Waals surface area contributed by atoms with E-state index in [1.165, 1.54) is 35.5 Å². The molecule has 9 nitrogen and oxygen atoms in total. The Hall–Kier alpha value is -3.36. The third-order valence-electron chi connectivity index (χ3n) is 2.75. The maximum atomic E-state index is 10.6. The van der Waals surface area contributed by atoms with Crippen molar-refractivity contribution in [3.63, 3.8) is 0 Å². The minimum absolute atomic E-state index is 0.0105. The Bertz CT molecular complexity index is 797. The van der Waals surface area contributed by atoms with Gasteiger partial charge in [0, 0.05) is 30.1 Å². The summed E-state index contributed by atoms with van der Waals surface area (Å²) in [7, 11) is 0. The summed E-state index contributed by atoms with van der Waals surface area (Å²) in [4.78, 5) is 22.3. The van der Waals surface area contributed by atoms with Crippen molar-refractivity contribution < 1.29 is 4.92 Å². The molecule has 0 atom stereocenters. The number of non-ortho nitro benzene ring substituents is 1. The van der Waals surface area contributed by atoms with Crippen LogP contribution in [0.25, 0.3) is 17.2 Å². The summed E-state index contributed by atoms with van der Waals surface area (Å²) in [6.45, 7) is 0. The molecule has 0 spiro atoms. The predicted molar refractivity (Wildman–Crippen MR) is 73.5 cm³/mol. The highest BCUT2D eigenvalue weighted by Gasteiger charge is 2.11. The topological polar surface area (TPSA) is 126 Å². The van der Waals surface area contributed by atoms with Crippen molar-refractivity contribution in [3.8, 4) is 17.2 Å². The summed E-state index contributed by atoms with van der Waals surface area (Å²) in [5.74, 6) is 1.02. The predicted octanol–water partition coefficient (Wildman–Crippen LogP) is 1.21. The molecule has 2 N–H and O–H groups in total. The van der Waals surface area contributed by atoms with Crippen LogP contribution in [0.2, 0.25) is 0 Å². The van der Waals surface area contributed by atoms with Gasteiger partial charge >= 0.3 is 0 Å². The second kappa shape index (κ2) is 4.96. The van der Waals surface area contributed by atoms with Gasteiger partial charge in [0.15, 0.2) is 17.5 Å². The van der Waals surface area contributed by atoms with E-state index in [-0.39, 0.29) is 11.5 Å². The molecule has 2 heterocycles. The maximum absolute atomic E-state index is 10.6. The average Bonchev–Trinajstić information content (AvgIpc) is 2.97. The lowest BCUT2D eigenvalue weighted by atomic mass is 10.2. The second-order valence-corrected chi connectivity index (χ2v) is 4.08. The molecule has 0 fully saturated rings. The van der Waals surface area contributed by atoms with Crippen LogP contribution in [0.3, 0.4) is 0 Å². The van der Waals surface area contributed by atoms with E-state index in [0.717, 1.165) is 0 Å². The van der Waals surface area contributed by atoms with E-state index in [0.29, 0.717) is 17.2 Å². The van der Waals surface area contributed by atoms with Gasteiger partial charge < -0.3 is 5.73 Å². The lowest BCUT2D eigenvalue weighted by Gasteiger charge is -2.00. The van der Waals surface area contributed by atoms with Gasteiger partial charge in [0.1, 0.15) is 6.33 Å². The van der Waals surface area contributed by atoms with E-state index in [2.05, 4.69) is 20.1 Å². The van der Waals surface area contributed by atoms with Crippen LogP contribution in [0.5, 0.6) is 0 Å². The van der Waals surface area contributed by atoms with Crippen LogP contribution in [0, 0.1) is 10.1 Å². The minimum atomic E-state index is -0.462. The van der Waals surface area contributed by atoms with Crippen molar-refractivity contribution in [2.75, 3.05) is 5.73 Å². The summed E-state index contributed by atoms with van der Waals surface area (Å²) in [6, 6.07) is 5.95. The number of nitrogens with zero attached hydrogens (tertiary/aromatic N) is 6. The molecule has 0 unspecified atom stereocenters. The number of nitro benzene ring substituents is 1. The molecule has 0 saturated heterocycles. The second-order valence-electron chi connectivity index (χ2n) is 4.08. The Morgan fingerprint density at radius 3 is 2.48 bits per heavy atom. The van der Waals surface area contributed by atoms with Gasteiger partial charge in [-0.1, -0.05) is 0 Å². The fourth-order valence-electron chi connectivity index (χ4n) is 1.75. The molecule has 0 radical (unpaired) electrons. The van der Waals surface area contributed by atoms with E-state index in [1.807, 2.05) is 0 Å². The van der Waals surface area contributed by atoms with Crippen molar-refractivity contribution in [1.29, 1.82) is 0 Å². The molecule has 0 saturated carbocycles. The Balaban J connectivity index is 1.95. The number of nitro groups is 1. The molecule has 0 aliphatic rings. The smallest absolute Gasteiger partial charge is 0.269 e. The fourth-order valence-corrected chi connectivity index (χ4v) is 1.75. The van der Waals surface area contributed by atoms with Crippen LogP contribution in [0.1, 0.15) is 0 Å². The number of hydrogen-bond acceptors (Lipinski definition) is 7. The number of rotatable bonds is 3. The third kappa shape index (κ3) is 2.39. The maximum Gasteiger partial charge on any atom is 0.269 e. The first kappa shape index (κ1) is 12.7. The van der Waals surface area contributed by atoms with Crippen LogP contribution < -0.4 is 5.73 Å². The molecule has 0 aliphatic carbocycles. The van der Waals surface area contributed by atoms with Crippen molar-refractivity contribution in [3.05, 3.63) is 53.1 Å². The largest absolute Gasteiger partial charge is 0.381 e. The molecule has 3 aromatic rings. The highest BCUT2D eigenvalue weighted by molar-refractivity contribution is 5.57. The van der Waals surface area contributed by atoms with E-state index in [9.17, 15) is 10.1 Å². The summed E-state index contributed by atoms with van der Waals surface area (Å²) >= 11 is 0. The highest BCUT2D eigenvalue weighted by atomic mass is 16.6. The number of benzene rings is 1. The number of nitrogens with two attached hydrogens (primary N) is 1. The van der Waals surface area contributed by atoms with Gasteiger partial charge in [0.2, 0.25) is 0 Å². The van der Waals surface area contributed by atoms with Gasteiger partial charge in [0.05, 0.1) is 4.92 Å². The van der Waals surface area contributed by atoms with E-state index in [4.69, 9.17) is 5.73 Å². The summed E-state index contributed by atoms with van der Waals surface area (Å²) in [5, 5.41) is 14.9. The van der Waals surface area contributed by atoms with Crippen LogP contribution in [0.15, 0.2) is 43.0 Å². The normalized spacial score (nSPS) is 10.5. The first-order chi connectivity index (χ1) is 10.1. The monoisotopic (exact) mass is 283 g/mol. The standard InChI is InChI=1S/C12H9N7O2/c13-10-12(15-6-5-14-10)18-7-16-11(17-18)8-1-3-9(4-2-8)19(20)21/h1-7H,(H2,13,14). The van der Waals surface area contributed by atoms with Gasteiger partial charge in [-0.3, -0.25) is 10.1 Å². The molecule has 21 heavy (non-hydrogen) atoms. The summed E-state index contributed by atoms with van der Waals surface area (Å²) in [6.07, 6.45) is 4.43. The molecule has 104 valence electrons. The van der Waals surface area contributed by atoms with Crippen LogP contribution in [0.4, 0.5) is 11.5 Å². The van der Waals surface area contributed by atoms with Crippen LogP contribution >= 0.6 is 0 Å². The third-order valence-corrected chi connectivity index (χ3v) is 2.75. The number of nitrogen functional groups attached to an aromatic ring is 1. The van der Waals surface area contributed by atoms with Crippen molar-refractivity contribution in [2.24, 2.45) is 0 Å². The molecule has 1 aromatic carbocycles. The molecule has 0 bridgehead atoms. The Labute approximate surface area is 118 Å². The molecular formula is C12H9N7O2. The molecule has 3 rings (SSSR count). The zero-order valence-electron chi connectivity index (χ0n) is 10.6. The van der Waals surface area contributed by atoms with Gasteiger partial charge in [-0.05, 0) is 12.1 Å². The van der Waals surface area contributed by atoms with Crippen molar-refractivity contribution in [2.45, 2.75) is 0 Å². The lowest BCUT2D eigenvalue weighted by molar-refractivity contribution is -0.384. The Morgan fingerprint density at radius 2 is 1.81 bits per heavy atom. The Morgan fingerprint density at radius 1 is 1.10 bits per heavy atom. The van der Waals surface area contributed by atoms with Crippen molar-refractivity contribution in [1.82, 2.24) is 24.7 Å². The van der Waals surface area contributed by atoms with Gasteiger partial charge in [0.25, 0.3) is 5.69 Å².